The fourth-order valence-electron chi connectivity index (χ4n) is 3.60. The topological polar surface area (TPSA) is 49.4 Å². The summed E-state index contributed by atoms with van der Waals surface area (Å²) in [6.07, 6.45) is -4.62. The Labute approximate surface area is 155 Å². The number of halogens is 3. The van der Waals surface area contributed by atoms with Gasteiger partial charge in [0.05, 0.1) is 5.41 Å². The third-order valence-electron chi connectivity index (χ3n) is 4.79. The van der Waals surface area contributed by atoms with Gasteiger partial charge in [-0.15, -0.1) is 0 Å². The number of fused-ring (bicyclic) bond motifs is 1. The normalized spacial score (nSPS) is 19.1. The summed E-state index contributed by atoms with van der Waals surface area (Å²) in [4.78, 5) is 26.9. The first kappa shape index (κ1) is 18.9. The highest BCUT2D eigenvalue weighted by Crippen LogP contribution is 2.45. The van der Waals surface area contributed by atoms with Crippen molar-refractivity contribution >= 4 is 17.5 Å². The molecule has 27 heavy (non-hydrogen) atoms. The molecule has 0 aromatic heterocycles. The Morgan fingerprint density at radius 3 is 2.37 bits per heavy atom. The molecule has 7 heteroatoms. The lowest BCUT2D eigenvalue weighted by Crippen LogP contribution is -2.45. The number of hydrogen-bond donors (Lipinski definition) is 1. The van der Waals surface area contributed by atoms with Crippen molar-refractivity contribution in [1.29, 1.82) is 0 Å². The maximum absolute atomic E-state index is 13.1. The molecule has 2 amide bonds. The van der Waals surface area contributed by atoms with Crippen molar-refractivity contribution in [3.05, 3.63) is 65.7 Å². The summed E-state index contributed by atoms with van der Waals surface area (Å²) in [6.45, 7) is -1.42. The van der Waals surface area contributed by atoms with Crippen LogP contribution in [0.5, 0.6) is 0 Å². The molecule has 0 fully saturated rings. The van der Waals surface area contributed by atoms with E-state index in [1.54, 1.807) is 31.3 Å². The van der Waals surface area contributed by atoms with Crippen molar-refractivity contribution in [1.82, 2.24) is 5.32 Å². The Balaban J connectivity index is 1.98. The van der Waals surface area contributed by atoms with Gasteiger partial charge in [-0.3, -0.25) is 9.59 Å². The number of alkyl halides is 3. The largest absolute Gasteiger partial charge is 0.405 e. The number of anilines is 1. The zero-order chi connectivity index (χ0) is 19.7. The molecule has 4 nitrogen and oxygen atoms in total. The van der Waals surface area contributed by atoms with E-state index in [1.807, 2.05) is 35.6 Å². The molecule has 1 unspecified atom stereocenters. The molecule has 0 aliphatic carbocycles. The predicted octanol–water partition coefficient (Wildman–Crippen LogP) is 3.21. The summed E-state index contributed by atoms with van der Waals surface area (Å²) in [5, 5.41) is 1.89. The minimum Gasteiger partial charge on any atom is -0.347 e. The van der Waals surface area contributed by atoms with Crippen LogP contribution < -0.4 is 10.2 Å². The lowest BCUT2D eigenvalue weighted by atomic mass is 9.73. The third-order valence-corrected chi connectivity index (χ3v) is 4.79. The van der Waals surface area contributed by atoms with E-state index in [9.17, 15) is 22.8 Å². The molecule has 1 N–H and O–H groups in total. The second-order valence-electron chi connectivity index (χ2n) is 6.69. The number of nitrogens with zero attached hydrogens (tertiary/aromatic N) is 1. The van der Waals surface area contributed by atoms with Crippen molar-refractivity contribution < 1.29 is 22.8 Å². The van der Waals surface area contributed by atoms with Gasteiger partial charge in [-0.2, -0.15) is 13.2 Å². The third kappa shape index (κ3) is 3.82. The van der Waals surface area contributed by atoms with Crippen LogP contribution in [0.4, 0.5) is 18.9 Å². The summed E-state index contributed by atoms with van der Waals surface area (Å²) >= 11 is 0. The lowest BCUT2D eigenvalue weighted by Gasteiger charge is -2.28. The predicted molar refractivity (Wildman–Crippen MR) is 95.4 cm³/mol. The van der Waals surface area contributed by atoms with Gasteiger partial charge in [-0.25, -0.2) is 0 Å². The van der Waals surface area contributed by atoms with Crippen LogP contribution in [-0.4, -0.2) is 31.6 Å². The van der Waals surface area contributed by atoms with Crippen molar-refractivity contribution in [2.45, 2.75) is 24.4 Å². The van der Waals surface area contributed by atoms with E-state index in [0.717, 1.165) is 5.56 Å². The van der Waals surface area contributed by atoms with Crippen LogP contribution in [0.1, 0.15) is 17.5 Å². The van der Waals surface area contributed by atoms with E-state index in [2.05, 4.69) is 0 Å². The number of amides is 2. The van der Waals surface area contributed by atoms with Gasteiger partial charge >= 0.3 is 6.18 Å². The summed E-state index contributed by atoms with van der Waals surface area (Å²) in [5.41, 5.74) is 0.924. The standard InChI is InChI=1S/C20H19F3N2O2/c1-25-16-10-6-5-9-15(16)19(18(25)27,11-14-7-3-2-4-8-14)12-17(26)24-13-20(21,22)23/h2-10H,11-13H2,1H3,(H,24,26). The molecule has 3 rings (SSSR count). The quantitative estimate of drug-likeness (QED) is 0.871. The number of nitrogens with one attached hydrogen (secondary N) is 1. The molecule has 142 valence electrons. The fourth-order valence-corrected chi connectivity index (χ4v) is 3.60. The van der Waals surface area contributed by atoms with Crippen molar-refractivity contribution in [2.75, 3.05) is 18.5 Å². The number of carbonyl (C=O) groups excluding carboxylic acids is 2. The Kier molecular flexibility index (Phi) is 4.95. The fraction of sp³-hybridized carbons (Fsp3) is 0.300. The molecule has 1 aliphatic heterocycles. The first-order chi connectivity index (χ1) is 12.7. The molecule has 0 saturated carbocycles. The summed E-state index contributed by atoms with van der Waals surface area (Å²) in [7, 11) is 1.61. The first-order valence-corrected chi connectivity index (χ1v) is 8.48. The maximum atomic E-state index is 13.1. The van der Waals surface area contributed by atoms with E-state index < -0.39 is 24.0 Å². The second kappa shape index (κ2) is 7.06. The summed E-state index contributed by atoms with van der Waals surface area (Å²) < 4.78 is 37.4. The number of hydrogen-bond acceptors (Lipinski definition) is 2. The number of para-hydroxylation sites is 1. The Bertz CT molecular complexity index is 852. The van der Waals surface area contributed by atoms with Gasteiger partial charge in [-0.1, -0.05) is 48.5 Å². The van der Waals surface area contributed by atoms with E-state index in [-0.39, 0.29) is 18.7 Å². The van der Waals surface area contributed by atoms with Crippen LogP contribution in [-0.2, 0) is 21.4 Å². The number of rotatable bonds is 5. The van der Waals surface area contributed by atoms with E-state index in [0.29, 0.717) is 11.3 Å². The van der Waals surface area contributed by atoms with Crippen LogP contribution in [0, 0.1) is 0 Å². The van der Waals surface area contributed by atoms with E-state index >= 15 is 0 Å². The van der Waals surface area contributed by atoms with Gasteiger partial charge in [-0.05, 0) is 23.6 Å². The van der Waals surface area contributed by atoms with Gasteiger partial charge in [0.1, 0.15) is 6.54 Å². The Hall–Kier alpha value is -2.83. The molecule has 0 saturated heterocycles. The minimum absolute atomic E-state index is 0.230. The summed E-state index contributed by atoms with van der Waals surface area (Å²) in [6, 6.07) is 16.2. The molecule has 1 aliphatic rings. The zero-order valence-corrected chi connectivity index (χ0v) is 14.7. The average molecular weight is 376 g/mol. The van der Waals surface area contributed by atoms with Crippen LogP contribution in [0.2, 0.25) is 0 Å². The molecule has 1 atom stereocenters. The van der Waals surface area contributed by atoms with Gasteiger partial charge in [0, 0.05) is 19.2 Å². The molecule has 2 aromatic carbocycles. The molecule has 0 spiro atoms. The maximum Gasteiger partial charge on any atom is 0.405 e. The monoisotopic (exact) mass is 376 g/mol. The highest BCUT2D eigenvalue weighted by molar-refractivity contribution is 6.09. The average Bonchev–Trinajstić information content (AvgIpc) is 2.83. The van der Waals surface area contributed by atoms with Gasteiger partial charge in [0.25, 0.3) is 0 Å². The first-order valence-electron chi connectivity index (χ1n) is 8.48. The van der Waals surface area contributed by atoms with Crippen molar-refractivity contribution in [3.63, 3.8) is 0 Å². The van der Waals surface area contributed by atoms with E-state index in [4.69, 9.17) is 0 Å². The smallest absolute Gasteiger partial charge is 0.347 e. The Morgan fingerprint density at radius 1 is 1.07 bits per heavy atom. The molecular weight excluding hydrogens is 357 g/mol. The molecule has 0 bridgehead atoms. The number of carbonyl (C=O) groups is 2. The van der Waals surface area contributed by atoms with Crippen LogP contribution in [0.3, 0.4) is 0 Å². The van der Waals surface area contributed by atoms with Crippen LogP contribution >= 0.6 is 0 Å². The molecule has 0 radical (unpaired) electrons. The number of benzene rings is 2. The highest BCUT2D eigenvalue weighted by atomic mass is 19.4. The van der Waals surface area contributed by atoms with E-state index in [1.165, 1.54) is 4.90 Å². The lowest BCUT2D eigenvalue weighted by molar-refractivity contribution is -0.140. The van der Waals surface area contributed by atoms with Gasteiger partial charge in [0.2, 0.25) is 11.8 Å². The molecule has 1 heterocycles. The SMILES string of the molecule is CN1C(=O)C(CC(=O)NCC(F)(F)F)(Cc2ccccc2)c2ccccc21. The number of likely N-dealkylation sites (N-methyl/N-ethyl adjacent to an activating group) is 1. The van der Waals surface area contributed by atoms with Crippen LogP contribution in [0.15, 0.2) is 54.6 Å². The minimum atomic E-state index is -4.50. The van der Waals surface area contributed by atoms with Crippen molar-refractivity contribution in [3.8, 4) is 0 Å². The Morgan fingerprint density at radius 2 is 1.70 bits per heavy atom. The summed E-state index contributed by atoms with van der Waals surface area (Å²) in [5.74, 6) is -1.10. The second-order valence-corrected chi connectivity index (χ2v) is 6.69. The van der Waals surface area contributed by atoms with Gasteiger partial charge < -0.3 is 10.2 Å². The van der Waals surface area contributed by atoms with Gasteiger partial charge in [0.15, 0.2) is 0 Å². The zero-order valence-electron chi connectivity index (χ0n) is 14.7. The molecular formula is C20H19F3N2O2. The van der Waals surface area contributed by atoms with Crippen LogP contribution in [0.25, 0.3) is 0 Å². The molecule has 2 aromatic rings. The van der Waals surface area contributed by atoms with Crippen molar-refractivity contribution in [2.24, 2.45) is 0 Å². The highest BCUT2D eigenvalue weighted by Gasteiger charge is 2.50.